The predicted octanol–water partition coefficient (Wildman–Crippen LogP) is 1.76. The number of H-pyrrole nitrogens is 2. The number of aromatic amines is 2. The van der Waals surface area contributed by atoms with E-state index >= 15 is 0 Å². The first-order valence-electron chi connectivity index (χ1n) is 9.60. The minimum absolute atomic E-state index is 0.168. The number of hydrogen-bond acceptors (Lipinski definition) is 5. The molecule has 0 aliphatic carbocycles. The summed E-state index contributed by atoms with van der Waals surface area (Å²) in [5.74, 6) is -2.70. The van der Waals surface area contributed by atoms with Crippen molar-refractivity contribution in [3.63, 3.8) is 0 Å². The van der Waals surface area contributed by atoms with E-state index in [1.807, 2.05) is 6.92 Å². The average Bonchev–Trinajstić information content (AvgIpc) is 3.14. The molecule has 0 fully saturated rings. The van der Waals surface area contributed by atoms with Crippen molar-refractivity contribution in [3.05, 3.63) is 63.3 Å². The Morgan fingerprint density at radius 2 is 1.84 bits per heavy atom. The van der Waals surface area contributed by atoms with Gasteiger partial charge in [0.05, 0.1) is 5.39 Å². The second-order valence-corrected chi connectivity index (χ2v) is 7.26. The van der Waals surface area contributed by atoms with Gasteiger partial charge in [0.2, 0.25) is 0 Å². The van der Waals surface area contributed by atoms with Gasteiger partial charge in [-0.2, -0.15) is 0 Å². The van der Waals surface area contributed by atoms with Crippen LogP contribution in [-0.2, 0) is 9.59 Å². The number of nitrogens with zero attached hydrogens (tertiary/aromatic N) is 1. The number of aliphatic carboxylic acids is 2. The van der Waals surface area contributed by atoms with E-state index in [2.05, 4.69) is 20.3 Å². The van der Waals surface area contributed by atoms with Crippen molar-refractivity contribution in [2.45, 2.75) is 38.6 Å². The molecule has 0 saturated carbocycles. The van der Waals surface area contributed by atoms with Crippen LogP contribution in [0.25, 0.3) is 11.0 Å². The molecule has 2 aromatic heterocycles. The molecular weight excluding hydrogens is 404 g/mol. The summed E-state index contributed by atoms with van der Waals surface area (Å²) in [5.41, 5.74) is 2.12. The van der Waals surface area contributed by atoms with E-state index in [1.165, 1.54) is 0 Å². The summed E-state index contributed by atoms with van der Waals surface area (Å²) in [6.07, 6.45) is 1.15. The van der Waals surface area contributed by atoms with Crippen LogP contribution < -0.4 is 10.9 Å². The Balaban J connectivity index is 1.78. The third-order valence-electron chi connectivity index (χ3n) is 5.08. The number of nitrogens with one attached hydrogen (secondary N) is 3. The molecule has 0 radical (unpaired) electrons. The Kier molecular flexibility index (Phi) is 6.19. The molecule has 3 rings (SSSR count). The fraction of sp³-hybridized carbons (Fsp3) is 0.286. The summed E-state index contributed by atoms with van der Waals surface area (Å²) >= 11 is 0. The molecular formula is C21H22N4O6. The summed E-state index contributed by atoms with van der Waals surface area (Å²) < 4.78 is 0. The average molecular weight is 426 g/mol. The van der Waals surface area contributed by atoms with Gasteiger partial charge in [-0.3, -0.25) is 14.4 Å². The van der Waals surface area contributed by atoms with E-state index < -0.39 is 23.9 Å². The second kappa shape index (κ2) is 8.82. The highest BCUT2D eigenvalue weighted by molar-refractivity contribution is 5.96. The number of amides is 1. The molecule has 3 aromatic rings. The molecule has 31 heavy (non-hydrogen) atoms. The molecule has 2 heterocycles. The van der Waals surface area contributed by atoms with Gasteiger partial charge in [0, 0.05) is 24.1 Å². The number of hydrogen-bond donors (Lipinski definition) is 5. The van der Waals surface area contributed by atoms with E-state index in [0.29, 0.717) is 16.9 Å². The first-order valence-corrected chi connectivity index (χ1v) is 9.60. The zero-order valence-corrected chi connectivity index (χ0v) is 16.9. The van der Waals surface area contributed by atoms with Crippen molar-refractivity contribution in [1.82, 2.24) is 20.3 Å². The van der Waals surface area contributed by atoms with Crippen LogP contribution in [0.15, 0.2) is 35.3 Å². The molecule has 10 heteroatoms. The van der Waals surface area contributed by atoms with Gasteiger partial charge in [-0.25, -0.2) is 9.78 Å². The summed E-state index contributed by atoms with van der Waals surface area (Å²) in [5, 5.41) is 20.7. The summed E-state index contributed by atoms with van der Waals surface area (Å²) in [6, 6.07) is 5.26. The first-order chi connectivity index (χ1) is 14.7. The van der Waals surface area contributed by atoms with Gasteiger partial charge in [0.15, 0.2) is 0 Å². The Morgan fingerprint density at radius 3 is 2.45 bits per heavy atom. The van der Waals surface area contributed by atoms with Crippen molar-refractivity contribution in [2.24, 2.45) is 0 Å². The lowest BCUT2D eigenvalue weighted by Gasteiger charge is -2.15. The van der Waals surface area contributed by atoms with Crippen LogP contribution in [0.2, 0.25) is 0 Å². The Morgan fingerprint density at radius 1 is 1.16 bits per heavy atom. The summed E-state index contributed by atoms with van der Waals surface area (Å²) in [4.78, 5) is 56.7. The second-order valence-electron chi connectivity index (χ2n) is 7.26. The van der Waals surface area contributed by atoms with Crippen molar-refractivity contribution >= 4 is 28.9 Å². The van der Waals surface area contributed by atoms with Crippen molar-refractivity contribution in [1.29, 1.82) is 0 Å². The maximum atomic E-state index is 12.4. The highest BCUT2D eigenvalue weighted by Crippen LogP contribution is 2.28. The first kappa shape index (κ1) is 21.8. The van der Waals surface area contributed by atoms with Gasteiger partial charge >= 0.3 is 11.9 Å². The third kappa shape index (κ3) is 4.80. The predicted molar refractivity (Wildman–Crippen MR) is 111 cm³/mol. The van der Waals surface area contributed by atoms with E-state index in [-0.39, 0.29) is 29.9 Å². The highest BCUT2D eigenvalue weighted by Gasteiger charge is 2.22. The largest absolute Gasteiger partial charge is 0.481 e. The fourth-order valence-corrected chi connectivity index (χ4v) is 3.39. The van der Waals surface area contributed by atoms with Gasteiger partial charge < -0.3 is 25.5 Å². The van der Waals surface area contributed by atoms with Crippen LogP contribution in [0, 0.1) is 6.92 Å². The molecule has 0 spiro atoms. The van der Waals surface area contributed by atoms with Gasteiger partial charge in [-0.05, 0) is 36.6 Å². The SMILES string of the molecule is Cc1nc2[nH]cc(C(C)c3ccc(C(=O)N[C@@H](CCC(=O)O)C(=O)O)cc3)c2c(=O)[nH]1. The zero-order chi connectivity index (χ0) is 22.7. The minimum Gasteiger partial charge on any atom is -0.481 e. The molecule has 1 amide bonds. The van der Waals surface area contributed by atoms with Gasteiger partial charge in [-0.1, -0.05) is 19.1 Å². The number of carbonyl (C=O) groups excluding carboxylic acids is 1. The van der Waals surface area contributed by atoms with Crippen LogP contribution >= 0.6 is 0 Å². The minimum atomic E-state index is -1.30. The number of aromatic nitrogens is 3. The van der Waals surface area contributed by atoms with E-state index in [1.54, 1.807) is 37.4 Å². The normalized spacial score (nSPS) is 13.0. The van der Waals surface area contributed by atoms with Gasteiger partial charge in [0.25, 0.3) is 11.5 Å². The molecule has 0 aliphatic heterocycles. The smallest absolute Gasteiger partial charge is 0.326 e. The third-order valence-corrected chi connectivity index (χ3v) is 5.08. The Bertz CT molecular complexity index is 1190. The van der Waals surface area contributed by atoms with Crippen LogP contribution in [0.1, 0.15) is 53.0 Å². The van der Waals surface area contributed by atoms with Crippen LogP contribution in [0.5, 0.6) is 0 Å². The number of carboxylic acid groups (broad SMARTS) is 2. The molecule has 5 N–H and O–H groups in total. The molecule has 0 bridgehead atoms. The van der Waals surface area contributed by atoms with E-state index in [0.717, 1.165) is 11.1 Å². The summed E-state index contributed by atoms with van der Waals surface area (Å²) in [7, 11) is 0. The van der Waals surface area contributed by atoms with E-state index in [9.17, 15) is 24.3 Å². The quantitative estimate of drug-likeness (QED) is 0.366. The van der Waals surface area contributed by atoms with E-state index in [4.69, 9.17) is 5.11 Å². The van der Waals surface area contributed by atoms with Crippen LogP contribution in [0.3, 0.4) is 0 Å². The topological polar surface area (TPSA) is 165 Å². The van der Waals surface area contributed by atoms with Crippen LogP contribution in [-0.4, -0.2) is 49.1 Å². The lowest BCUT2D eigenvalue weighted by Crippen LogP contribution is -2.41. The molecule has 1 unspecified atom stereocenters. The van der Waals surface area contributed by atoms with Crippen molar-refractivity contribution in [3.8, 4) is 0 Å². The zero-order valence-electron chi connectivity index (χ0n) is 16.9. The Hall–Kier alpha value is -3.95. The molecule has 0 saturated heterocycles. The van der Waals surface area contributed by atoms with Crippen molar-refractivity contribution in [2.75, 3.05) is 0 Å². The van der Waals surface area contributed by atoms with Gasteiger partial charge in [0.1, 0.15) is 17.5 Å². The lowest BCUT2D eigenvalue weighted by molar-refractivity contribution is -0.140. The fourth-order valence-electron chi connectivity index (χ4n) is 3.39. The standard InChI is InChI=1S/C21H22N4O6/c1-10(14-9-22-18-17(14)20(29)24-11(2)23-18)12-3-5-13(6-4-12)19(28)25-15(21(30)31)7-8-16(26)27/h3-6,9-10,15H,7-8H2,1-2H3,(H,25,28)(H,26,27)(H,30,31)(H2,22,23,24,29)/t10?,15-/m0/s1. The lowest BCUT2D eigenvalue weighted by atomic mass is 9.93. The molecule has 0 aliphatic rings. The molecule has 1 aromatic carbocycles. The highest BCUT2D eigenvalue weighted by atomic mass is 16.4. The number of carboxylic acids is 2. The summed E-state index contributed by atoms with van der Waals surface area (Å²) in [6.45, 7) is 3.62. The number of fused-ring (bicyclic) bond motifs is 1. The van der Waals surface area contributed by atoms with Crippen molar-refractivity contribution < 1.29 is 24.6 Å². The maximum absolute atomic E-state index is 12.4. The number of benzene rings is 1. The Labute approximate surface area is 176 Å². The van der Waals surface area contributed by atoms with Crippen LogP contribution in [0.4, 0.5) is 0 Å². The maximum Gasteiger partial charge on any atom is 0.326 e. The number of aryl methyl sites for hydroxylation is 1. The molecule has 2 atom stereocenters. The molecule has 10 nitrogen and oxygen atoms in total. The van der Waals surface area contributed by atoms with Gasteiger partial charge in [-0.15, -0.1) is 0 Å². The molecule has 162 valence electrons. The monoisotopic (exact) mass is 426 g/mol. The number of rotatable bonds is 8. The number of carbonyl (C=O) groups is 3.